The van der Waals surface area contributed by atoms with Crippen LogP contribution in [0.15, 0.2) is 48.5 Å². The summed E-state index contributed by atoms with van der Waals surface area (Å²) in [5, 5.41) is 11.8. The highest BCUT2D eigenvalue weighted by molar-refractivity contribution is 5.95. The van der Waals surface area contributed by atoms with E-state index in [0.717, 1.165) is 60.0 Å². The Balaban J connectivity index is 1.34. The van der Waals surface area contributed by atoms with Crippen molar-refractivity contribution >= 4 is 11.6 Å². The van der Waals surface area contributed by atoms with Crippen molar-refractivity contribution in [1.29, 1.82) is 0 Å². The number of para-hydroxylation sites is 1. The average molecular weight is 374 g/mol. The summed E-state index contributed by atoms with van der Waals surface area (Å²) in [6, 6.07) is 15.6. The Kier molecular flexibility index (Phi) is 4.31. The molecule has 142 valence electrons. The number of carbonyl (C=O) groups excluding carboxylic acids is 1. The maximum absolute atomic E-state index is 12.7. The number of hydrogen-bond acceptors (Lipinski definition) is 4. The molecule has 0 spiro atoms. The Labute approximate surface area is 163 Å². The van der Waals surface area contributed by atoms with Gasteiger partial charge in [0.05, 0.1) is 0 Å². The third-order valence-corrected chi connectivity index (χ3v) is 5.44. The summed E-state index contributed by atoms with van der Waals surface area (Å²) >= 11 is 0. The Morgan fingerprint density at radius 2 is 2.00 bits per heavy atom. The number of hydrogen-bond donors (Lipinski definition) is 1. The molecule has 0 fully saturated rings. The number of amides is 1. The van der Waals surface area contributed by atoms with Crippen LogP contribution in [0.2, 0.25) is 0 Å². The predicted molar refractivity (Wildman–Crippen MR) is 106 cm³/mol. The van der Waals surface area contributed by atoms with Gasteiger partial charge in [0.2, 0.25) is 0 Å². The number of fused-ring (bicyclic) bond motifs is 2. The fourth-order valence-corrected chi connectivity index (χ4v) is 3.99. The van der Waals surface area contributed by atoms with Crippen LogP contribution in [0.1, 0.15) is 30.7 Å². The van der Waals surface area contributed by atoms with E-state index in [2.05, 4.69) is 20.1 Å². The maximum Gasteiger partial charge on any atom is 0.265 e. The summed E-state index contributed by atoms with van der Waals surface area (Å²) in [6.45, 7) is 0.947. The van der Waals surface area contributed by atoms with Gasteiger partial charge in [-0.2, -0.15) is 0 Å². The van der Waals surface area contributed by atoms with Crippen LogP contribution in [-0.4, -0.2) is 26.8 Å². The van der Waals surface area contributed by atoms with Gasteiger partial charge in [-0.15, -0.1) is 10.2 Å². The van der Waals surface area contributed by atoms with E-state index in [1.54, 1.807) is 0 Å². The predicted octanol–water partition coefficient (Wildman–Crippen LogP) is 3.61. The van der Waals surface area contributed by atoms with Crippen LogP contribution in [0.25, 0.3) is 11.4 Å². The highest BCUT2D eigenvalue weighted by atomic mass is 16.5. The van der Waals surface area contributed by atoms with E-state index in [4.69, 9.17) is 4.74 Å². The smallest absolute Gasteiger partial charge is 0.265 e. The molecule has 2 aliphatic rings. The largest absolute Gasteiger partial charge is 0.480 e. The van der Waals surface area contributed by atoms with E-state index in [-0.39, 0.29) is 5.91 Å². The standard InChI is InChI=1S/C22H22N4O2/c27-22(19-14-15-7-3-4-10-18(15)28-19)23-17-9-6-8-16(13-17)21-25-24-20-11-2-1-5-12-26(20)21/h3-4,6-10,13,19H,1-2,5,11-12,14H2,(H,23,27)/t19-/m0/s1. The normalized spacial score (nSPS) is 17.9. The third-order valence-electron chi connectivity index (χ3n) is 5.44. The minimum absolute atomic E-state index is 0.131. The Hall–Kier alpha value is -3.15. The van der Waals surface area contributed by atoms with Crippen molar-refractivity contribution in [3.63, 3.8) is 0 Å². The molecule has 0 saturated heterocycles. The van der Waals surface area contributed by atoms with Crippen LogP contribution in [0, 0.1) is 0 Å². The van der Waals surface area contributed by atoms with Crippen LogP contribution in [0.3, 0.4) is 0 Å². The molecule has 28 heavy (non-hydrogen) atoms. The van der Waals surface area contributed by atoms with Crippen molar-refractivity contribution < 1.29 is 9.53 Å². The molecule has 2 aromatic carbocycles. The zero-order valence-electron chi connectivity index (χ0n) is 15.6. The summed E-state index contributed by atoms with van der Waals surface area (Å²) < 4.78 is 8.01. The molecule has 1 atom stereocenters. The van der Waals surface area contributed by atoms with Crippen LogP contribution < -0.4 is 10.1 Å². The van der Waals surface area contributed by atoms with E-state index in [1.165, 1.54) is 6.42 Å². The van der Waals surface area contributed by atoms with Gasteiger partial charge in [-0.05, 0) is 36.6 Å². The van der Waals surface area contributed by atoms with Crippen LogP contribution in [-0.2, 0) is 24.2 Å². The molecule has 0 saturated carbocycles. The van der Waals surface area contributed by atoms with Gasteiger partial charge in [-0.1, -0.05) is 36.8 Å². The molecule has 5 rings (SSSR count). The summed E-state index contributed by atoms with van der Waals surface area (Å²) in [6.07, 6.45) is 4.61. The number of ether oxygens (including phenoxy) is 1. The zero-order valence-corrected chi connectivity index (χ0v) is 15.6. The van der Waals surface area contributed by atoms with Crippen molar-refractivity contribution in [3.8, 4) is 17.1 Å². The second-order valence-electron chi connectivity index (χ2n) is 7.39. The Morgan fingerprint density at radius 1 is 1.07 bits per heavy atom. The lowest BCUT2D eigenvalue weighted by atomic mass is 10.1. The van der Waals surface area contributed by atoms with Gasteiger partial charge in [0.1, 0.15) is 11.6 Å². The number of rotatable bonds is 3. The number of nitrogens with zero attached hydrogens (tertiary/aromatic N) is 3. The number of nitrogens with one attached hydrogen (secondary N) is 1. The third kappa shape index (κ3) is 3.15. The van der Waals surface area contributed by atoms with Gasteiger partial charge in [0.15, 0.2) is 11.9 Å². The minimum atomic E-state index is -0.495. The topological polar surface area (TPSA) is 69.0 Å². The molecule has 1 aromatic heterocycles. The summed E-state index contributed by atoms with van der Waals surface area (Å²) in [4.78, 5) is 12.7. The fraction of sp³-hybridized carbons (Fsp3) is 0.318. The maximum atomic E-state index is 12.7. The molecular formula is C22H22N4O2. The van der Waals surface area contributed by atoms with E-state index in [9.17, 15) is 4.79 Å². The molecule has 0 bridgehead atoms. The average Bonchev–Trinajstić information content (AvgIpc) is 3.26. The van der Waals surface area contributed by atoms with E-state index in [1.807, 2.05) is 48.5 Å². The number of carbonyl (C=O) groups is 1. The fourth-order valence-electron chi connectivity index (χ4n) is 3.99. The Morgan fingerprint density at radius 3 is 2.93 bits per heavy atom. The summed E-state index contributed by atoms with van der Waals surface area (Å²) in [5.74, 6) is 2.59. The molecule has 0 unspecified atom stereocenters. The molecule has 6 nitrogen and oxygen atoms in total. The summed E-state index contributed by atoms with van der Waals surface area (Å²) in [5.41, 5.74) is 2.78. The molecule has 6 heteroatoms. The van der Waals surface area contributed by atoms with E-state index in [0.29, 0.717) is 6.42 Å². The number of aryl methyl sites for hydroxylation is 1. The molecule has 0 aliphatic carbocycles. The first kappa shape index (κ1) is 17.0. The van der Waals surface area contributed by atoms with Crippen LogP contribution in [0.5, 0.6) is 5.75 Å². The number of anilines is 1. The lowest BCUT2D eigenvalue weighted by Crippen LogP contribution is -2.31. The summed E-state index contributed by atoms with van der Waals surface area (Å²) in [7, 11) is 0. The van der Waals surface area contributed by atoms with Crippen molar-refractivity contribution in [2.75, 3.05) is 5.32 Å². The van der Waals surface area contributed by atoms with Gasteiger partial charge < -0.3 is 14.6 Å². The van der Waals surface area contributed by atoms with Crippen molar-refractivity contribution in [2.45, 2.75) is 44.8 Å². The molecule has 1 amide bonds. The van der Waals surface area contributed by atoms with E-state index >= 15 is 0 Å². The number of benzene rings is 2. The number of aromatic nitrogens is 3. The van der Waals surface area contributed by atoms with Crippen molar-refractivity contribution in [1.82, 2.24) is 14.8 Å². The first-order valence-corrected chi connectivity index (χ1v) is 9.86. The molecule has 1 N–H and O–H groups in total. The van der Waals surface area contributed by atoms with Gasteiger partial charge >= 0.3 is 0 Å². The van der Waals surface area contributed by atoms with Gasteiger partial charge in [-0.25, -0.2) is 0 Å². The quantitative estimate of drug-likeness (QED) is 0.760. The minimum Gasteiger partial charge on any atom is -0.480 e. The molecule has 0 radical (unpaired) electrons. The second-order valence-corrected chi connectivity index (χ2v) is 7.39. The molecule has 3 aromatic rings. The first-order valence-electron chi connectivity index (χ1n) is 9.86. The van der Waals surface area contributed by atoms with Gasteiger partial charge in [0, 0.05) is 30.6 Å². The van der Waals surface area contributed by atoms with Crippen LogP contribution >= 0.6 is 0 Å². The van der Waals surface area contributed by atoms with Gasteiger partial charge in [0.25, 0.3) is 5.91 Å². The van der Waals surface area contributed by atoms with Gasteiger partial charge in [-0.3, -0.25) is 4.79 Å². The van der Waals surface area contributed by atoms with Crippen molar-refractivity contribution in [2.24, 2.45) is 0 Å². The van der Waals surface area contributed by atoms with E-state index < -0.39 is 6.10 Å². The zero-order chi connectivity index (χ0) is 18.9. The lowest BCUT2D eigenvalue weighted by Gasteiger charge is -2.12. The molecular weight excluding hydrogens is 352 g/mol. The highest BCUT2D eigenvalue weighted by Crippen LogP contribution is 2.29. The highest BCUT2D eigenvalue weighted by Gasteiger charge is 2.28. The molecule has 3 heterocycles. The monoisotopic (exact) mass is 374 g/mol. The Bertz CT molecular complexity index is 1000. The second kappa shape index (κ2) is 7.11. The molecule has 2 aliphatic heterocycles. The SMILES string of the molecule is O=C(Nc1cccc(-c2nnc3n2CCCCC3)c1)[C@@H]1Cc2ccccc2O1. The first-order chi connectivity index (χ1) is 13.8. The lowest BCUT2D eigenvalue weighted by molar-refractivity contribution is -0.122. The van der Waals surface area contributed by atoms with Crippen LogP contribution in [0.4, 0.5) is 5.69 Å². The van der Waals surface area contributed by atoms with Crippen molar-refractivity contribution in [3.05, 3.63) is 59.9 Å².